The van der Waals surface area contributed by atoms with E-state index in [9.17, 15) is 9.90 Å². The van der Waals surface area contributed by atoms with E-state index >= 15 is 0 Å². The van der Waals surface area contributed by atoms with Crippen LogP contribution in [0.15, 0.2) is 91.0 Å². The summed E-state index contributed by atoms with van der Waals surface area (Å²) in [7, 11) is 1.91. The first-order valence-corrected chi connectivity index (χ1v) is 13.7. The molecule has 2 N–H and O–H groups in total. The number of benzene rings is 4. The number of carboxylic acids is 1. The van der Waals surface area contributed by atoms with Crippen molar-refractivity contribution >= 4 is 27.6 Å². The first-order valence-electron chi connectivity index (χ1n) is 13.7. The van der Waals surface area contributed by atoms with Crippen molar-refractivity contribution < 1.29 is 19.4 Å². The number of hydrogen-bond donors (Lipinski definition) is 2. The maximum Gasteiger partial charge on any atom is 0.352 e. The zero-order chi connectivity index (χ0) is 28.3. The Morgan fingerprint density at radius 2 is 1.63 bits per heavy atom. The molecule has 0 aliphatic rings. The predicted molar refractivity (Wildman–Crippen MR) is 161 cm³/mol. The number of carbonyl (C=O) groups is 1. The van der Waals surface area contributed by atoms with E-state index in [0.29, 0.717) is 26.1 Å². The van der Waals surface area contributed by atoms with Gasteiger partial charge in [-0.05, 0) is 48.9 Å². The molecule has 206 valence electrons. The second kappa shape index (κ2) is 11.2. The van der Waals surface area contributed by atoms with Gasteiger partial charge in [0.2, 0.25) is 0 Å². The number of nitrogens with zero attached hydrogens (tertiary/aromatic N) is 2. The summed E-state index contributed by atoms with van der Waals surface area (Å²) in [5, 5.41) is 17.9. The minimum absolute atomic E-state index is 0.209. The number of rotatable bonds is 10. The predicted octanol–water partition coefficient (Wildman–Crippen LogP) is 7.32. The maximum atomic E-state index is 12.3. The van der Waals surface area contributed by atoms with E-state index in [2.05, 4.69) is 17.1 Å². The molecule has 0 aliphatic heterocycles. The summed E-state index contributed by atoms with van der Waals surface area (Å²) in [6, 6.07) is 29.7. The standard InChI is InChI=1S/C34H31N3O4/c1-22-31(29(36-37(22)2)21-41-24-13-4-3-5-14-24)28-17-9-16-26-27(33(34(38)39)35-32(26)28)18-10-20-40-30-19-8-12-23-11-6-7-15-25(23)30/h3-9,11-17,19,35H,10,18,20-21H2,1-2H3,(H,38,39). The van der Waals surface area contributed by atoms with Crippen LogP contribution in [0.25, 0.3) is 32.8 Å². The molecular weight excluding hydrogens is 514 g/mol. The molecule has 4 aromatic carbocycles. The van der Waals surface area contributed by atoms with Crippen LogP contribution >= 0.6 is 0 Å². The Hall–Kier alpha value is -5.04. The van der Waals surface area contributed by atoms with Crippen molar-refractivity contribution in [2.24, 2.45) is 7.05 Å². The highest BCUT2D eigenvalue weighted by Crippen LogP contribution is 2.36. The normalized spacial score (nSPS) is 11.3. The van der Waals surface area contributed by atoms with Crippen molar-refractivity contribution in [1.29, 1.82) is 0 Å². The van der Waals surface area contributed by atoms with E-state index in [1.54, 1.807) is 0 Å². The fourth-order valence-corrected chi connectivity index (χ4v) is 5.47. The quantitative estimate of drug-likeness (QED) is 0.176. The Balaban J connectivity index is 1.29. The number of nitrogens with one attached hydrogen (secondary N) is 1. The smallest absolute Gasteiger partial charge is 0.352 e. The molecule has 41 heavy (non-hydrogen) atoms. The lowest BCUT2D eigenvalue weighted by atomic mass is 9.98. The molecule has 0 fully saturated rings. The van der Waals surface area contributed by atoms with Gasteiger partial charge < -0.3 is 19.6 Å². The van der Waals surface area contributed by atoms with Crippen LogP contribution in [0.1, 0.15) is 33.9 Å². The number of aromatic carboxylic acids is 1. The number of para-hydroxylation sites is 2. The summed E-state index contributed by atoms with van der Waals surface area (Å²) in [6.45, 7) is 2.78. The number of H-pyrrole nitrogens is 1. The third kappa shape index (κ3) is 5.14. The molecular formula is C34H31N3O4. The molecule has 0 saturated heterocycles. The van der Waals surface area contributed by atoms with E-state index in [1.807, 2.05) is 97.5 Å². The second-order valence-corrected chi connectivity index (χ2v) is 10.1. The van der Waals surface area contributed by atoms with E-state index in [1.165, 1.54) is 0 Å². The molecule has 2 heterocycles. The summed E-state index contributed by atoms with van der Waals surface area (Å²) in [5.74, 6) is 0.619. The summed E-state index contributed by atoms with van der Waals surface area (Å²) in [5.41, 5.74) is 5.38. The third-order valence-electron chi connectivity index (χ3n) is 7.53. The van der Waals surface area contributed by atoms with Gasteiger partial charge >= 0.3 is 5.97 Å². The van der Waals surface area contributed by atoms with Gasteiger partial charge in [0, 0.05) is 34.6 Å². The number of aromatic amines is 1. The summed E-state index contributed by atoms with van der Waals surface area (Å²) >= 11 is 0. The van der Waals surface area contributed by atoms with Crippen LogP contribution in [0.4, 0.5) is 0 Å². The molecule has 0 bridgehead atoms. The average Bonchev–Trinajstić information content (AvgIpc) is 3.51. The number of ether oxygens (including phenoxy) is 2. The Labute approximate surface area is 238 Å². The molecule has 0 aliphatic carbocycles. The minimum atomic E-state index is -0.979. The van der Waals surface area contributed by atoms with Crippen LogP contribution in [0.5, 0.6) is 11.5 Å². The molecule has 2 aromatic heterocycles. The highest BCUT2D eigenvalue weighted by Gasteiger charge is 2.23. The van der Waals surface area contributed by atoms with Gasteiger partial charge in [-0.2, -0.15) is 5.10 Å². The van der Waals surface area contributed by atoms with E-state index in [4.69, 9.17) is 14.6 Å². The lowest BCUT2D eigenvalue weighted by Gasteiger charge is -2.10. The molecule has 7 heteroatoms. The number of aryl methyl sites for hydroxylation is 2. The first-order chi connectivity index (χ1) is 20.0. The second-order valence-electron chi connectivity index (χ2n) is 10.1. The number of carboxylic acid groups (broad SMARTS) is 1. The summed E-state index contributed by atoms with van der Waals surface area (Å²) in [6.07, 6.45) is 1.23. The highest BCUT2D eigenvalue weighted by atomic mass is 16.5. The van der Waals surface area contributed by atoms with Gasteiger partial charge in [-0.1, -0.05) is 72.8 Å². The van der Waals surface area contributed by atoms with Crippen LogP contribution in [-0.2, 0) is 20.1 Å². The van der Waals surface area contributed by atoms with Crippen molar-refractivity contribution in [1.82, 2.24) is 14.8 Å². The maximum absolute atomic E-state index is 12.3. The van der Waals surface area contributed by atoms with Gasteiger partial charge in [0.05, 0.1) is 12.1 Å². The molecule has 6 rings (SSSR count). The van der Waals surface area contributed by atoms with Gasteiger partial charge in [0.15, 0.2) is 0 Å². The van der Waals surface area contributed by atoms with Gasteiger partial charge in [0.25, 0.3) is 0 Å². The molecule has 0 saturated carbocycles. The molecule has 0 amide bonds. The Morgan fingerprint density at radius 3 is 2.46 bits per heavy atom. The Bertz CT molecular complexity index is 1850. The van der Waals surface area contributed by atoms with Crippen LogP contribution in [-0.4, -0.2) is 32.4 Å². The largest absolute Gasteiger partial charge is 0.493 e. The molecule has 0 atom stereocenters. The minimum Gasteiger partial charge on any atom is -0.493 e. The van der Waals surface area contributed by atoms with Crippen molar-refractivity contribution in [3.05, 3.63) is 114 Å². The fourth-order valence-electron chi connectivity index (χ4n) is 5.47. The van der Waals surface area contributed by atoms with Crippen molar-refractivity contribution in [2.75, 3.05) is 6.61 Å². The molecule has 0 spiro atoms. The molecule has 7 nitrogen and oxygen atoms in total. The first kappa shape index (κ1) is 26.2. The number of aromatic nitrogens is 3. The van der Waals surface area contributed by atoms with Crippen LogP contribution < -0.4 is 9.47 Å². The van der Waals surface area contributed by atoms with Gasteiger partial charge in [-0.15, -0.1) is 0 Å². The zero-order valence-corrected chi connectivity index (χ0v) is 23.1. The number of hydrogen-bond acceptors (Lipinski definition) is 4. The zero-order valence-electron chi connectivity index (χ0n) is 23.1. The lowest BCUT2D eigenvalue weighted by molar-refractivity contribution is 0.0690. The number of fused-ring (bicyclic) bond motifs is 2. The summed E-state index contributed by atoms with van der Waals surface area (Å²) in [4.78, 5) is 15.6. The molecule has 0 unspecified atom stereocenters. The van der Waals surface area contributed by atoms with E-state index in [0.717, 1.165) is 61.3 Å². The molecule has 6 aromatic rings. The van der Waals surface area contributed by atoms with Crippen molar-refractivity contribution in [2.45, 2.75) is 26.4 Å². The van der Waals surface area contributed by atoms with Gasteiger partial charge in [-0.3, -0.25) is 4.68 Å². The van der Waals surface area contributed by atoms with E-state index in [-0.39, 0.29) is 5.69 Å². The lowest BCUT2D eigenvalue weighted by Crippen LogP contribution is -2.04. The fraction of sp³-hybridized carbons (Fsp3) is 0.176. The van der Waals surface area contributed by atoms with Crippen LogP contribution in [0, 0.1) is 6.92 Å². The van der Waals surface area contributed by atoms with Crippen LogP contribution in [0.2, 0.25) is 0 Å². The van der Waals surface area contributed by atoms with Gasteiger partial charge in [-0.25, -0.2) is 4.79 Å². The van der Waals surface area contributed by atoms with Crippen LogP contribution in [0.3, 0.4) is 0 Å². The van der Waals surface area contributed by atoms with Crippen molar-refractivity contribution in [3.8, 4) is 22.6 Å². The topological polar surface area (TPSA) is 89.4 Å². The monoisotopic (exact) mass is 545 g/mol. The summed E-state index contributed by atoms with van der Waals surface area (Å²) < 4.78 is 14.0. The Morgan fingerprint density at radius 1 is 0.902 bits per heavy atom. The highest BCUT2D eigenvalue weighted by molar-refractivity contribution is 6.03. The molecule has 0 radical (unpaired) electrons. The SMILES string of the molecule is Cc1c(-c2cccc3c(CCCOc4cccc5ccccc45)c(C(=O)O)[nH]c23)c(COc2ccccc2)nn1C. The average molecular weight is 546 g/mol. The van der Waals surface area contributed by atoms with E-state index < -0.39 is 5.97 Å². The third-order valence-corrected chi connectivity index (χ3v) is 7.53. The Kier molecular flexibility index (Phi) is 7.17. The van der Waals surface area contributed by atoms with Crippen molar-refractivity contribution in [3.63, 3.8) is 0 Å². The van der Waals surface area contributed by atoms with Gasteiger partial charge in [0.1, 0.15) is 29.5 Å².